The zero-order chi connectivity index (χ0) is 21.5. The van der Waals surface area contributed by atoms with E-state index in [4.69, 9.17) is 19.3 Å². The van der Waals surface area contributed by atoms with Crippen molar-refractivity contribution in [1.29, 1.82) is 0 Å². The SMILES string of the molecule is COc1ccc(O)c(C2=NN3[C@@H](C2)c2ccccc2O[C@H]3c2ccc(O)c(OC)c2)c1. The minimum absolute atomic E-state index is 0.0599. The summed E-state index contributed by atoms with van der Waals surface area (Å²) >= 11 is 0. The van der Waals surface area contributed by atoms with Gasteiger partial charge in [-0.15, -0.1) is 0 Å². The van der Waals surface area contributed by atoms with Crippen LogP contribution in [0.3, 0.4) is 0 Å². The van der Waals surface area contributed by atoms with E-state index in [-0.39, 0.29) is 17.5 Å². The lowest BCUT2D eigenvalue weighted by Gasteiger charge is -2.38. The Hall–Kier alpha value is -3.87. The maximum absolute atomic E-state index is 10.5. The number of fused-ring (bicyclic) bond motifs is 3. The summed E-state index contributed by atoms with van der Waals surface area (Å²) in [6.45, 7) is 0. The number of nitrogens with zero attached hydrogens (tertiary/aromatic N) is 2. The molecule has 158 valence electrons. The van der Waals surface area contributed by atoms with E-state index in [1.165, 1.54) is 7.11 Å². The molecule has 0 aliphatic carbocycles. The van der Waals surface area contributed by atoms with Crippen molar-refractivity contribution < 1.29 is 24.4 Å². The van der Waals surface area contributed by atoms with Crippen LogP contribution in [0.25, 0.3) is 0 Å². The average Bonchev–Trinajstić information content (AvgIpc) is 3.25. The first-order chi connectivity index (χ1) is 15.1. The summed E-state index contributed by atoms with van der Waals surface area (Å²) in [5.74, 6) is 2.01. The first-order valence-corrected chi connectivity index (χ1v) is 9.94. The van der Waals surface area contributed by atoms with Crippen molar-refractivity contribution in [3.8, 4) is 28.7 Å². The molecule has 3 aromatic rings. The van der Waals surface area contributed by atoms with E-state index in [0.29, 0.717) is 23.5 Å². The second-order valence-electron chi connectivity index (χ2n) is 7.47. The smallest absolute Gasteiger partial charge is 0.214 e. The molecule has 2 N–H and O–H groups in total. The summed E-state index contributed by atoms with van der Waals surface area (Å²) in [5.41, 5.74) is 3.21. The highest BCUT2D eigenvalue weighted by Crippen LogP contribution is 2.48. The van der Waals surface area contributed by atoms with Crippen molar-refractivity contribution in [3.05, 3.63) is 77.4 Å². The standard InChI is InChI=1S/C24H22N2O5/c1-29-15-8-10-20(27)17(12-15)18-13-19-16-5-3-4-6-22(16)31-24(26(19)25-18)14-7-9-21(28)23(11-14)30-2/h3-12,19,24,27-28H,13H2,1-2H3/t19-,24-/m0/s1. The number of hydrazone groups is 1. The fourth-order valence-corrected chi connectivity index (χ4v) is 4.14. The molecule has 0 saturated heterocycles. The van der Waals surface area contributed by atoms with Crippen molar-refractivity contribution in [2.75, 3.05) is 14.2 Å². The Morgan fingerprint density at radius 2 is 1.77 bits per heavy atom. The number of para-hydroxylation sites is 1. The Balaban J connectivity index is 1.61. The molecule has 0 fully saturated rings. The van der Waals surface area contributed by atoms with Crippen molar-refractivity contribution in [2.24, 2.45) is 5.10 Å². The van der Waals surface area contributed by atoms with Crippen LogP contribution in [0.15, 0.2) is 65.8 Å². The number of phenolic OH excluding ortho intramolecular Hbond substituents is 2. The molecule has 7 nitrogen and oxygen atoms in total. The molecule has 0 aromatic heterocycles. The van der Waals surface area contributed by atoms with Gasteiger partial charge in [0.05, 0.1) is 26.0 Å². The highest BCUT2D eigenvalue weighted by atomic mass is 16.5. The van der Waals surface area contributed by atoms with Gasteiger partial charge in [-0.3, -0.25) is 0 Å². The largest absolute Gasteiger partial charge is 0.507 e. The van der Waals surface area contributed by atoms with Gasteiger partial charge in [0.15, 0.2) is 11.5 Å². The molecular weight excluding hydrogens is 396 g/mol. The number of phenols is 2. The molecule has 5 rings (SSSR count). The number of hydrogen-bond donors (Lipinski definition) is 2. The maximum Gasteiger partial charge on any atom is 0.214 e. The number of rotatable bonds is 4. The van der Waals surface area contributed by atoms with Crippen molar-refractivity contribution >= 4 is 5.71 Å². The van der Waals surface area contributed by atoms with E-state index in [0.717, 1.165) is 22.6 Å². The van der Waals surface area contributed by atoms with Crippen LogP contribution in [0.5, 0.6) is 28.7 Å². The maximum atomic E-state index is 10.5. The van der Waals surface area contributed by atoms with Gasteiger partial charge in [-0.25, -0.2) is 5.01 Å². The Kier molecular flexibility index (Phi) is 4.58. The normalized spacial score (nSPS) is 19.2. The van der Waals surface area contributed by atoms with Gasteiger partial charge in [0.25, 0.3) is 0 Å². The molecule has 2 heterocycles. The third kappa shape index (κ3) is 3.18. The lowest BCUT2D eigenvalue weighted by atomic mass is 9.95. The van der Waals surface area contributed by atoms with Crippen LogP contribution in [0.1, 0.15) is 35.4 Å². The molecule has 2 aliphatic heterocycles. The molecule has 0 saturated carbocycles. The van der Waals surface area contributed by atoms with Crippen LogP contribution in [0.4, 0.5) is 0 Å². The van der Waals surface area contributed by atoms with Crippen molar-refractivity contribution in [2.45, 2.75) is 18.7 Å². The van der Waals surface area contributed by atoms with Crippen LogP contribution >= 0.6 is 0 Å². The van der Waals surface area contributed by atoms with Crippen LogP contribution < -0.4 is 14.2 Å². The van der Waals surface area contributed by atoms with Gasteiger partial charge in [0.2, 0.25) is 6.23 Å². The van der Waals surface area contributed by atoms with Crippen LogP contribution in [-0.2, 0) is 0 Å². The van der Waals surface area contributed by atoms with Crippen LogP contribution in [0.2, 0.25) is 0 Å². The highest BCUT2D eigenvalue weighted by molar-refractivity contribution is 6.04. The Morgan fingerprint density at radius 3 is 2.58 bits per heavy atom. The minimum Gasteiger partial charge on any atom is -0.507 e. The van der Waals surface area contributed by atoms with E-state index in [1.807, 2.05) is 29.3 Å². The molecule has 0 spiro atoms. The summed E-state index contributed by atoms with van der Waals surface area (Å²) in [6, 6.07) is 18.1. The molecule has 3 aromatic carbocycles. The third-order valence-corrected chi connectivity index (χ3v) is 5.70. The number of hydrogen-bond acceptors (Lipinski definition) is 7. The molecule has 2 aliphatic rings. The predicted octanol–water partition coefficient (Wildman–Crippen LogP) is 4.36. The summed E-state index contributed by atoms with van der Waals surface area (Å²) in [6.07, 6.45) is 0.0898. The second kappa shape index (κ2) is 7.43. The topological polar surface area (TPSA) is 83.8 Å². The zero-order valence-electron chi connectivity index (χ0n) is 17.1. The van der Waals surface area contributed by atoms with Gasteiger partial charge in [-0.2, -0.15) is 5.10 Å². The van der Waals surface area contributed by atoms with Gasteiger partial charge in [-0.1, -0.05) is 18.2 Å². The Labute approximate surface area is 179 Å². The molecule has 7 heteroatoms. The van der Waals surface area contributed by atoms with E-state index in [2.05, 4.69) is 0 Å². The fraction of sp³-hybridized carbons (Fsp3) is 0.208. The van der Waals surface area contributed by atoms with E-state index < -0.39 is 6.23 Å². The first-order valence-electron chi connectivity index (χ1n) is 9.94. The molecule has 2 atom stereocenters. The number of aromatic hydroxyl groups is 2. The van der Waals surface area contributed by atoms with E-state index in [9.17, 15) is 10.2 Å². The molecular formula is C24H22N2O5. The molecule has 0 bridgehead atoms. The molecule has 0 radical (unpaired) electrons. The second-order valence-corrected chi connectivity index (χ2v) is 7.47. The van der Waals surface area contributed by atoms with Gasteiger partial charge >= 0.3 is 0 Å². The monoisotopic (exact) mass is 418 g/mol. The average molecular weight is 418 g/mol. The zero-order valence-corrected chi connectivity index (χ0v) is 17.1. The molecule has 0 unspecified atom stereocenters. The lowest BCUT2D eigenvalue weighted by molar-refractivity contribution is -0.0191. The molecule has 31 heavy (non-hydrogen) atoms. The lowest BCUT2D eigenvalue weighted by Crippen LogP contribution is -2.33. The molecule has 0 amide bonds. The van der Waals surface area contributed by atoms with E-state index >= 15 is 0 Å². The summed E-state index contributed by atoms with van der Waals surface area (Å²) in [4.78, 5) is 0. The third-order valence-electron chi connectivity index (χ3n) is 5.70. The van der Waals surface area contributed by atoms with Gasteiger partial charge in [0.1, 0.15) is 17.2 Å². The van der Waals surface area contributed by atoms with Crippen LogP contribution in [-0.4, -0.2) is 35.2 Å². The predicted molar refractivity (Wildman–Crippen MR) is 115 cm³/mol. The summed E-state index contributed by atoms with van der Waals surface area (Å²) in [7, 11) is 3.10. The quantitative estimate of drug-likeness (QED) is 0.655. The first kappa shape index (κ1) is 19.1. The van der Waals surface area contributed by atoms with Gasteiger partial charge < -0.3 is 24.4 Å². The van der Waals surface area contributed by atoms with Crippen molar-refractivity contribution in [3.63, 3.8) is 0 Å². The number of ether oxygens (including phenoxy) is 3. The van der Waals surface area contributed by atoms with Gasteiger partial charge in [0, 0.05) is 23.1 Å². The summed E-state index contributed by atoms with van der Waals surface area (Å²) < 4.78 is 16.9. The van der Waals surface area contributed by atoms with Crippen molar-refractivity contribution in [1.82, 2.24) is 5.01 Å². The number of methoxy groups -OCH3 is 2. The Bertz CT molecular complexity index is 1180. The number of benzene rings is 3. The van der Waals surface area contributed by atoms with Gasteiger partial charge in [-0.05, 0) is 42.5 Å². The summed E-state index contributed by atoms with van der Waals surface area (Å²) in [5, 5.41) is 27.2. The van der Waals surface area contributed by atoms with E-state index in [1.54, 1.807) is 43.5 Å². The minimum atomic E-state index is -0.514. The Morgan fingerprint density at radius 1 is 0.968 bits per heavy atom. The fourth-order valence-electron chi connectivity index (χ4n) is 4.14. The van der Waals surface area contributed by atoms with Crippen LogP contribution in [0, 0.1) is 0 Å². The highest BCUT2D eigenvalue weighted by Gasteiger charge is 2.41.